The number of carbonyl (C=O) groups is 2. The van der Waals surface area contributed by atoms with E-state index in [2.05, 4.69) is 5.32 Å². The zero-order valence-electron chi connectivity index (χ0n) is 24.5. The van der Waals surface area contributed by atoms with Gasteiger partial charge >= 0.3 is 0 Å². The number of hydrogen-bond donors (Lipinski definition) is 1. The Morgan fingerprint density at radius 2 is 1.61 bits per heavy atom. The molecule has 1 fully saturated rings. The summed E-state index contributed by atoms with van der Waals surface area (Å²) in [5.74, 6) is -0.917. The number of rotatable bonds is 11. The molecule has 7 nitrogen and oxygen atoms in total. The first kappa shape index (κ1) is 34.4. The molecule has 0 radical (unpaired) electrons. The Bertz CT molecular complexity index is 1600. The average molecular weight is 700 g/mol. The fourth-order valence-corrected chi connectivity index (χ4v) is 7.67. The van der Waals surface area contributed by atoms with Crippen molar-refractivity contribution in [2.24, 2.45) is 0 Å². The van der Waals surface area contributed by atoms with E-state index in [4.69, 9.17) is 46.4 Å². The van der Waals surface area contributed by atoms with E-state index >= 15 is 0 Å². The molecule has 3 aromatic carbocycles. The van der Waals surface area contributed by atoms with Gasteiger partial charge in [0.2, 0.25) is 11.8 Å². The summed E-state index contributed by atoms with van der Waals surface area (Å²) in [6.45, 7) is 2.96. The van der Waals surface area contributed by atoms with Crippen molar-refractivity contribution >= 4 is 73.9 Å². The van der Waals surface area contributed by atoms with Crippen molar-refractivity contribution in [3.05, 3.63) is 91.9 Å². The summed E-state index contributed by atoms with van der Waals surface area (Å²) in [4.78, 5) is 29.4. The number of carbonyl (C=O) groups excluding carboxylic acids is 2. The highest BCUT2D eigenvalue weighted by Crippen LogP contribution is 2.36. The van der Waals surface area contributed by atoms with Gasteiger partial charge in [0, 0.05) is 22.6 Å². The molecule has 1 aliphatic rings. The fourth-order valence-electron chi connectivity index (χ4n) is 5.33. The number of anilines is 1. The quantitative estimate of drug-likeness (QED) is 0.220. The van der Waals surface area contributed by atoms with Crippen LogP contribution in [0.1, 0.15) is 56.6 Å². The lowest BCUT2D eigenvalue weighted by Gasteiger charge is -2.34. The second kappa shape index (κ2) is 15.2. The maximum absolute atomic E-state index is 14.3. The van der Waals surface area contributed by atoms with Crippen LogP contribution in [0.25, 0.3) is 0 Å². The van der Waals surface area contributed by atoms with Crippen LogP contribution >= 0.6 is 46.4 Å². The third kappa shape index (κ3) is 8.20. The van der Waals surface area contributed by atoms with Crippen molar-refractivity contribution in [1.82, 2.24) is 10.2 Å². The SMILES string of the molecule is CC[C@H](C(=O)NC1CCCCC1)N(Cc1ccc(Cl)cc1Cl)C(=O)CN(c1cccc(Cl)c1Cl)S(=O)(=O)c1ccc(C)cc1. The number of halogens is 4. The lowest BCUT2D eigenvalue weighted by atomic mass is 9.95. The molecule has 1 N–H and O–H groups in total. The third-order valence-corrected chi connectivity index (χ3v) is 11.0. The van der Waals surface area contributed by atoms with Crippen molar-refractivity contribution in [2.45, 2.75) is 75.9 Å². The van der Waals surface area contributed by atoms with Crippen LogP contribution in [0.3, 0.4) is 0 Å². The van der Waals surface area contributed by atoms with Gasteiger partial charge in [-0.1, -0.05) is 102 Å². The van der Waals surface area contributed by atoms with E-state index in [0.717, 1.165) is 42.0 Å². The number of aryl methyl sites for hydroxylation is 1. The van der Waals surface area contributed by atoms with Crippen LogP contribution in [0.2, 0.25) is 20.1 Å². The fraction of sp³-hybridized carbons (Fsp3) is 0.375. The van der Waals surface area contributed by atoms with E-state index in [1.54, 1.807) is 36.4 Å². The van der Waals surface area contributed by atoms with Crippen molar-refractivity contribution in [3.8, 4) is 0 Å². The summed E-state index contributed by atoms with van der Waals surface area (Å²) in [6, 6.07) is 14.9. The van der Waals surface area contributed by atoms with Gasteiger partial charge in [-0.25, -0.2) is 8.42 Å². The minimum absolute atomic E-state index is 0.0186. The van der Waals surface area contributed by atoms with Crippen LogP contribution in [0, 0.1) is 6.92 Å². The molecule has 236 valence electrons. The molecule has 0 heterocycles. The Morgan fingerprint density at radius 1 is 0.932 bits per heavy atom. The summed E-state index contributed by atoms with van der Waals surface area (Å²) in [6.07, 6.45) is 5.21. The molecule has 2 amide bonds. The predicted octanol–water partition coefficient (Wildman–Crippen LogP) is 8.06. The standard InChI is InChI=1S/C32H35Cl4N3O4S/c1-3-28(32(41)37-24-8-5-4-6-9-24)38(19-22-14-15-23(33)18-27(22)35)30(40)20-39(29-11-7-10-26(34)31(29)36)44(42,43)25-16-12-21(2)13-17-25/h7,10-18,24,28H,3-6,8-9,19-20H2,1-2H3,(H,37,41)/t28-/m1/s1. The third-order valence-electron chi connectivity index (χ3n) is 7.78. The maximum atomic E-state index is 14.3. The maximum Gasteiger partial charge on any atom is 0.264 e. The number of nitrogens with one attached hydrogen (secondary N) is 1. The molecule has 44 heavy (non-hydrogen) atoms. The van der Waals surface area contributed by atoms with E-state index in [9.17, 15) is 18.0 Å². The first-order valence-corrected chi connectivity index (χ1v) is 17.4. The minimum Gasteiger partial charge on any atom is -0.352 e. The van der Waals surface area contributed by atoms with E-state index in [1.165, 1.54) is 29.2 Å². The highest BCUT2D eigenvalue weighted by molar-refractivity contribution is 7.92. The first-order chi connectivity index (χ1) is 20.9. The largest absolute Gasteiger partial charge is 0.352 e. The van der Waals surface area contributed by atoms with Gasteiger partial charge in [0.05, 0.1) is 20.6 Å². The topological polar surface area (TPSA) is 86.8 Å². The minimum atomic E-state index is -4.30. The lowest BCUT2D eigenvalue weighted by Crippen LogP contribution is -2.54. The summed E-state index contributed by atoms with van der Waals surface area (Å²) in [5, 5.41) is 3.97. The Balaban J connectivity index is 1.76. The smallest absolute Gasteiger partial charge is 0.264 e. The van der Waals surface area contributed by atoms with Gasteiger partial charge in [0.25, 0.3) is 10.0 Å². The predicted molar refractivity (Wildman–Crippen MR) is 178 cm³/mol. The molecule has 0 aromatic heterocycles. The van der Waals surface area contributed by atoms with Crippen molar-refractivity contribution in [3.63, 3.8) is 0 Å². The first-order valence-electron chi connectivity index (χ1n) is 14.5. The molecule has 4 rings (SSSR count). The molecule has 0 bridgehead atoms. The molecule has 3 aromatic rings. The summed E-state index contributed by atoms with van der Waals surface area (Å²) >= 11 is 25.4. The molecule has 1 aliphatic carbocycles. The number of nitrogens with zero attached hydrogens (tertiary/aromatic N) is 2. The van der Waals surface area contributed by atoms with E-state index in [0.29, 0.717) is 15.6 Å². The van der Waals surface area contributed by atoms with Gasteiger partial charge in [0.15, 0.2) is 0 Å². The van der Waals surface area contributed by atoms with Crippen LogP contribution in [0.5, 0.6) is 0 Å². The summed E-state index contributed by atoms with van der Waals surface area (Å²) in [7, 11) is -4.30. The second-order valence-electron chi connectivity index (χ2n) is 10.9. The molecule has 0 unspecified atom stereocenters. The Labute approximate surface area is 279 Å². The number of sulfonamides is 1. The number of benzene rings is 3. The van der Waals surface area contributed by atoms with E-state index in [1.807, 2.05) is 13.8 Å². The van der Waals surface area contributed by atoms with Crippen molar-refractivity contribution in [1.29, 1.82) is 0 Å². The monoisotopic (exact) mass is 697 g/mol. The summed E-state index contributed by atoms with van der Waals surface area (Å²) in [5.41, 5.74) is 1.47. The molecule has 12 heteroatoms. The molecular weight excluding hydrogens is 664 g/mol. The van der Waals surface area contributed by atoms with Crippen LogP contribution in [0.15, 0.2) is 65.6 Å². The van der Waals surface area contributed by atoms with Crippen LogP contribution in [-0.4, -0.2) is 43.8 Å². The highest BCUT2D eigenvalue weighted by Gasteiger charge is 2.35. The molecule has 0 saturated heterocycles. The zero-order chi connectivity index (χ0) is 32.0. The summed E-state index contributed by atoms with van der Waals surface area (Å²) < 4.78 is 29.1. The highest BCUT2D eigenvalue weighted by atomic mass is 35.5. The molecular formula is C32H35Cl4N3O4S. The van der Waals surface area contributed by atoms with E-state index in [-0.39, 0.29) is 45.5 Å². The average Bonchev–Trinajstić information content (AvgIpc) is 2.99. The second-order valence-corrected chi connectivity index (χ2v) is 14.4. The van der Waals surface area contributed by atoms with Crippen LogP contribution in [0.4, 0.5) is 5.69 Å². The molecule has 1 atom stereocenters. The van der Waals surface area contributed by atoms with Gasteiger partial charge in [-0.15, -0.1) is 0 Å². The van der Waals surface area contributed by atoms with Gasteiger partial charge < -0.3 is 10.2 Å². The van der Waals surface area contributed by atoms with Crippen LogP contribution < -0.4 is 9.62 Å². The molecule has 0 aliphatic heterocycles. The normalized spacial score (nSPS) is 14.6. The van der Waals surface area contributed by atoms with Crippen LogP contribution in [-0.2, 0) is 26.2 Å². The van der Waals surface area contributed by atoms with Crippen molar-refractivity contribution in [2.75, 3.05) is 10.8 Å². The lowest BCUT2D eigenvalue weighted by molar-refractivity contribution is -0.140. The number of amides is 2. The molecule has 0 spiro atoms. The van der Waals surface area contributed by atoms with Crippen molar-refractivity contribution < 1.29 is 18.0 Å². The van der Waals surface area contributed by atoms with Gasteiger partial charge in [-0.05, 0) is 68.1 Å². The number of hydrogen-bond acceptors (Lipinski definition) is 4. The van der Waals surface area contributed by atoms with Gasteiger partial charge in [-0.3, -0.25) is 13.9 Å². The van der Waals surface area contributed by atoms with E-state index < -0.39 is 28.5 Å². The Kier molecular flexibility index (Phi) is 11.9. The van der Waals surface area contributed by atoms with Gasteiger partial charge in [-0.2, -0.15) is 0 Å². The van der Waals surface area contributed by atoms with Gasteiger partial charge in [0.1, 0.15) is 12.6 Å². The Morgan fingerprint density at radius 3 is 2.25 bits per heavy atom. The molecule has 1 saturated carbocycles. The Hall–Kier alpha value is -2.49. The zero-order valence-corrected chi connectivity index (χ0v) is 28.4.